The molecule has 19 heteroatoms. The number of halogens is 7. The van der Waals surface area contributed by atoms with Gasteiger partial charge in [-0.05, 0) is 86.1 Å². The summed E-state index contributed by atoms with van der Waals surface area (Å²) >= 11 is 6.38. The highest BCUT2D eigenvalue weighted by Gasteiger charge is 2.39. The third-order valence-electron chi connectivity index (χ3n) is 8.46. The van der Waals surface area contributed by atoms with Gasteiger partial charge in [0.05, 0.1) is 0 Å². The van der Waals surface area contributed by atoms with E-state index >= 15 is 0 Å². The average molecular weight is 815 g/mol. The minimum Gasteiger partial charge on any atom is -0.475 e. The predicted octanol–water partition coefficient (Wildman–Crippen LogP) is 7.21. The zero-order chi connectivity index (χ0) is 42.1. The number of rotatable bonds is 8. The van der Waals surface area contributed by atoms with Crippen LogP contribution in [-0.2, 0) is 20.8 Å². The van der Waals surface area contributed by atoms with Crippen molar-refractivity contribution in [3.63, 3.8) is 0 Å². The molecule has 3 amide bonds. The van der Waals surface area contributed by atoms with Crippen LogP contribution in [0.1, 0.15) is 24.0 Å². The van der Waals surface area contributed by atoms with Gasteiger partial charge in [0.1, 0.15) is 6.04 Å². The number of carboxylic acids is 2. The molecule has 0 aliphatic carbocycles. The normalized spacial score (nSPS) is 14.9. The molecule has 0 bridgehead atoms. The van der Waals surface area contributed by atoms with Gasteiger partial charge in [-0.2, -0.15) is 26.3 Å². The van der Waals surface area contributed by atoms with Crippen molar-refractivity contribution in [1.82, 2.24) is 15.2 Å². The molecule has 5 rings (SSSR count). The fourth-order valence-electron chi connectivity index (χ4n) is 5.93. The number of H-pyrrole nitrogens is 1. The Labute approximate surface area is 323 Å². The molecule has 1 aromatic heterocycles. The summed E-state index contributed by atoms with van der Waals surface area (Å²) in [5.74, 6) is -5.76. The Morgan fingerprint density at radius 3 is 2.02 bits per heavy atom. The van der Waals surface area contributed by atoms with Crippen molar-refractivity contribution in [3.05, 3.63) is 89.1 Å². The van der Waals surface area contributed by atoms with Crippen molar-refractivity contribution in [2.45, 2.75) is 37.7 Å². The van der Waals surface area contributed by atoms with Crippen LogP contribution in [-0.4, -0.2) is 104 Å². The molecule has 1 aliphatic heterocycles. The van der Waals surface area contributed by atoms with Gasteiger partial charge in [0.15, 0.2) is 0 Å². The summed E-state index contributed by atoms with van der Waals surface area (Å²) in [6, 6.07) is 20.0. The van der Waals surface area contributed by atoms with Crippen LogP contribution >= 0.6 is 11.6 Å². The van der Waals surface area contributed by atoms with E-state index in [0.29, 0.717) is 17.3 Å². The van der Waals surface area contributed by atoms with E-state index in [1.54, 1.807) is 0 Å². The minimum atomic E-state index is -5.08. The number of nitrogens with zero attached hydrogens (tertiary/aromatic N) is 3. The highest BCUT2D eigenvalue weighted by Crippen LogP contribution is 2.35. The Morgan fingerprint density at radius 1 is 0.911 bits per heavy atom. The van der Waals surface area contributed by atoms with E-state index in [9.17, 15) is 35.9 Å². The number of anilines is 3. The van der Waals surface area contributed by atoms with Crippen molar-refractivity contribution in [3.8, 4) is 0 Å². The molecule has 304 valence electrons. The molecule has 2 heterocycles. The van der Waals surface area contributed by atoms with E-state index in [1.807, 2.05) is 118 Å². The summed E-state index contributed by atoms with van der Waals surface area (Å²) in [5, 5.41) is 21.9. The second-order valence-electron chi connectivity index (χ2n) is 13.3. The lowest BCUT2D eigenvalue weighted by atomic mass is 9.88. The highest BCUT2D eigenvalue weighted by atomic mass is 35.5. The maximum Gasteiger partial charge on any atom is 0.490 e. The molecule has 0 fully saturated rings. The van der Waals surface area contributed by atoms with Gasteiger partial charge in [-0.1, -0.05) is 36.7 Å². The lowest BCUT2D eigenvalue weighted by Gasteiger charge is -2.38. The molecule has 0 saturated carbocycles. The summed E-state index contributed by atoms with van der Waals surface area (Å²) in [4.78, 5) is 55.1. The number of aromatic amines is 1. The van der Waals surface area contributed by atoms with Crippen LogP contribution in [0.25, 0.3) is 10.9 Å². The van der Waals surface area contributed by atoms with Gasteiger partial charge in [0.25, 0.3) is 0 Å². The van der Waals surface area contributed by atoms with Crippen molar-refractivity contribution in [2.24, 2.45) is 5.92 Å². The number of para-hydroxylation sites is 1. The first kappa shape index (κ1) is 44.9. The van der Waals surface area contributed by atoms with Crippen molar-refractivity contribution in [1.29, 1.82) is 0 Å². The van der Waals surface area contributed by atoms with Crippen LogP contribution in [0.5, 0.6) is 0 Å². The number of urea groups is 1. The van der Waals surface area contributed by atoms with Crippen molar-refractivity contribution >= 4 is 63.4 Å². The zero-order valence-electron chi connectivity index (χ0n) is 30.8. The maximum absolute atomic E-state index is 14.6. The van der Waals surface area contributed by atoms with Crippen LogP contribution in [0.3, 0.4) is 0 Å². The molecule has 5 N–H and O–H groups in total. The second-order valence-corrected chi connectivity index (χ2v) is 13.7. The first-order chi connectivity index (χ1) is 26.0. The SMILES string of the molecule is CC(c1c[nH]c2ccccc12)C(NC(=O)Nc1ccc(N(C)C)cc1)C(=O)N1C[C@@H](CN(C)C)Cc2cc(Cl)ccc21.O=C(O)C(F)(F)F.O=C(O)C(F)(F)F. The molecule has 4 aromatic rings. The molecule has 0 saturated heterocycles. The number of fused-ring (bicyclic) bond motifs is 2. The topological polar surface area (TPSA) is 158 Å². The summed E-state index contributed by atoms with van der Waals surface area (Å²) in [6.07, 6.45) is -7.40. The number of aliphatic carboxylic acids is 2. The summed E-state index contributed by atoms with van der Waals surface area (Å²) in [5.41, 5.74) is 5.51. The number of amides is 3. The molecule has 3 atom stereocenters. The van der Waals surface area contributed by atoms with E-state index in [2.05, 4.69) is 20.5 Å². The summed E-state index contributed by atoms with van der Waals surface area (Å²) in [6.45, 7) is 3.38. The zero-order valence-corrected chi connectivity index (χ0v) is 31.6. The Hall–Kier alpha value is -5.49. The van der Waals surface area contributed by atoms with Gasteiger partial charge in [-0.15, -0.1) is 0 Å². The smallest absolute Gasteiger partial charge is 0.475 e. The number of aromatic nitrogens is 1. The van der Waals surface area contributed by atoms with Crippen LogP contribution in [0.4, 0.5) is 48.2 Å². The largest absolute Gasteiger partial charge is 0.490 e. The fourth-order valence-corrected chi connectivity index (χ4v) is 6.13. The fraction of sp³-hybridized carbons (Fsp3) is 0.351. The Balaban J connectivity index is 0.000000512. The van der Waals surface area contributed by atoms with E-state index in [4.69, 9.17) is 31.4 Å². The van der Waals surface area contributed by atoms with Crippen LogP contribution < -0.4 is 20.4 Å². The van der Waals surface area contributed by atoms with Gasteiger partial charge in [0.2, 0.25) is 5.91 Å². The maximum atomic E-state index is 14.6. The highest BCUT2D eigenvalue weighted by molar-refractivity contribution is 6.30. The number of hydrogen-bond acceptors (Lipinski definition) is 6. The number of carboxylic acid groups (broad SMARTS) is 2. The second kappa shape index (κ2) is 18.9. The summed E-state index contributed by atoms with van der Waals surface area (Å²) in [7, 11) is 8.01. The third-order valence-corrected chi connectivity index (χ3v) is 8.70. The molecule has 2 unspecified atom stereocenters. The summed E-state index contributed by atoms with van der Waals surface area (Å²) < 4.78 is 63.5. The van der Waals surface area contributed by atoms with Gasteiger partial charge in [-0.3, -0.25) is 4.79 Å². The minimum absolute atomic E-state index is 0.155. The molecular formula is C37H41ClF6N6O6. The number of alkyl halides is 6. The number of carbonyl (C=O) groups is 4. The quantitative estimate of drug-likeness (QED) is 0.117. The van der Waals surface area contributed by atoms with Gasteiger partial charge in [-0.25, -0.2) is 14.4 Å². The number of nitrogens with one attached hydrogen (secondary N) is 3. The van der Waals surface area contributed by atoms with Gasteiger partial charge >= 0.3 is 30.3 Å². The number of carbonyl (C=O) groups excluding carboxylic acids is 2. The lowest BCUT2D eigenvalue weighted by molar-refractivity contribution is -0.193. The molecular weight excluding hydrogens is 774 g/mol. The van der Waals surface area contributed by atoms with E-state index in [1.165, 1.54) is 0 Å². The Bertz CT molecular complexity index is 1960. The van der Waals surface area contributed by atoms with E-state index < -0.39 is 36.4 Å². The number of hydrogen-bond donors (Lipinski definition) is 5. The number of benzene rings is 3. The van der Waals surface area contributed by atoms with Gasteiger partial charge < -0.3 is 40.5 Å². The molecule has 3 aromatic carbocycles. The first-order valence-corrected chi connectivity index (χ1v) is 17.1. The Morgan fingerprint density at radius 2 is 1.48 bits per heavy atom. The molecule has 1 aliphatic rings. The molecule has 56 heavy (non-hydrogen) atoms. The van der Waals surface area contributed by atoms with E-state index in [-0.39, 0.29) is 17.7 Å². The monoisotopic (exact) mass is 814 g/mol. The third kappa shape index (κ3) is 12.5. The molecule has 12 nitrogen and oxygen atoms in total. The van der Waals surface area contributed by atoms with Crippen LogP contribution in [0, 0.1) is 5.92 Å². The van der Waals surface area contributed by atoms with Gasteiger partial charge in [0, 0.05) is 72.3 Å². The predicted molar refractivity (Wildman–Crippen MR) is 200 cm³/mol. The molecule has 0 radical (unpaired) electrons. The van der Waals surface area contributed by atoms with Crippen molar-refractivity contribution < 1.29 is 55.7 Å². The standard InChI is InChI=1S/C33H39ClN6O2.2C2HF3O2/c1-21(28-18-35-29-9-7-6-8-27(28)29)31(37-33(42)36-25-11-13-26(14-12-25)39(4)5)32(41)40-20-22(19-38(2)3)16-23-17-24(34)10-15-30(23)40;2*3-2(4,5)1(6)7/h6-15,17-18,21-22,31,35H,16,19-20H2,1-5H3,(H2,36,37,42);2*(H,6,7)/t21?,22-,31?;;/m1../s1. The van der Waals surface area contributed by atoms with Crippen LogP contribution in [0.2, 0.25) is 5.02 Å². The van der Waals surface area contributed by atoms with Crippen LogP contribution in [0.15, 0.2) is 72.9 Å². The van der Waals surface area contributed by atoms with E-state index in [0.717, 1.165) is 46.4 Å². The average Bonchev–Trinajstić information content (AvgIpc) is 3.53. The first-order valence-electron chi connectivity index (χ1n) is 16.7. The van der Waals surface area contributed by atoms with Crippen molar-refractivity contribution in [2.75, 3.05) is 56.4 Å². The lowest BCUT2D eigenvalue weighted by Crippen LogP contribution is -2.54. The molecule has 0 spiro atoms. The Kier molecular flexibility index (Phi) is 15.2.